The first-order valence-electron chi connectivity index (χ1n) is 23.1. The van der Waals surface area contributed by atoms with Gasteiger partial charge >= 0.3 is 0 Å². The van der Waals surface area contributed by atoms with Crippen LogP contribution < -0.4 is 0 Å². The van der Waals surface area contributed by atoms with E-state index in [1.54, 1.807) is 11.3 Å². The smallest absolute Gasteiger partial charge is 0.164 e. The quantitative estimate of drug-likeness (QED) is 0.167. The first-order chi connectivity index (χ1) is 33.2. The molecular weight excluding hydrogens is 868 g/mol. The van der Waals surface area contributed by atoms with Crippen LogP contribution in [-0.2, 0) is 5.41 Å². The molecule has 0 aliphatic heterocycles. The molecule has 2 aliphatic carbocycles. The van der Waals surface area contributed by atoms with Crippen molar-refractivity contribution >= 4 is 53.9 Å². The molecule has 2 heterocycles. The van der Waals surface area contributed by atoms with Crippen molar-refractivity contribution in [3.8, 4) is 95.9 Å². The van der Waals surface area contributed by atoms with Crippen molar-refractivity contribution in [3.63, 3.8) is 0 Å². The van der Waals surface area contributed by atoms with E-state index in [4.69, 9.17) is 26.6 Å². The van der Waals surface area contributed by atoms with Gasteiger partial charge in [-0.15, -0.1) is 11.3 Å². The number of fused-ring (bicyclic) bond motifs is 9. The van der Waals surface area contributed by atoms with E-state index in [0.29, 0.717) is 29.0 Å². The Morgan fingerprint density at radius 3 is 1.88 bits per heavy atom. The van der Waals surface area contributed by atoms with Crippen LogP contribution in [0.5, 0.6) is 0 Å². The average Bonchev–Trinajstić information content (AvgIpc) is 4.00. The summed E-state index contributed by atoms with van der Waals surface area (Å²) in [6.45, 7) is 9.14. The van der Waals surface area contributed by atoms with Crippen LogP contribution in [0.25, 0.3) is 121 Å². The standard InChI is InChI=1S/C62H41ClN4S/c1-34(2)40-15-10-16-45-54(40)46-29-28-41(56-48(32-51(63)57(45)58(46)56)39-25-27-43-42-26-20-35(33-64)30-52(42)68-53(43)31-39)36-21-23-38(24-22-36)60-65-59(37-12-6-5-7-13-37)66-61(67-60)47-17-11-19-50-55(47)44-14-8-9-18-49(44)62(50,3)4/h5-32,34H,1-4H3. The van der Waals surface area contributed by atoms with E-state index in [2.05, 4.69) is 173 Å². The van der Waals surface area contributed by atoms with Crippen LogP contribution >= 0.6 is 22.9 Å². The Bertz CT molecular complexity index is 3990. The van der Waals surface area contributed by atoms with Crippen LogP contribution in [0.3, 0.4) is 0 Å². The second-order valence-corrected chi connectivity index (χ2v) is 20.4. The zero-order valence-electron chi connectivity index (χ0n) is 37.8. The molecule has 0 N–H and O–H groups in total. The molecule has 11 aromatic rings. The van der Waals surface area contributed by atoms with Gasteiger partial charge in [-0.25, -0.2) is 15.0 Å². The molecule has 0 atom stereocenters. The lowest BCUT2D eigenvalue weighted by Gasteiger charge is -2.21. The summed E-state index contributed by atoms with van der Waals surface area (Å²) < 4.78 is 2.28. The van der Waals surface area contributed by atoms with Gasteiger partial charge in [0.25, 0.3) is 0 Å². The molecule has 2 aliphatic rings. The molecule has 0 radical (unpaired) electrons. The third kappa shape index (κ3) is 6.01. The van der Waals surface area contributed by atoms with Crippen LogP contribution in [0.4, 0.5) is 0 Å². The maximum Gasteiger partial charge on any atom is 0.164 e. The summed E-state index contributed by atoms with van der Waals surface area (Å²) in [5.41, 5.74) is 18.8. The maximum absolute atomic E-state index is 9.66. The van der Waals surface area contributed by atoms with Gasteiger partial charge in [0.05, 0.1) is 11.6 Å². The predicted octanol–water partition coefficient (Wildman–Crippen LogP) is 17.3. The molecule has 0 unspecified atom stereocenters. The van der Waals surface area contributed by atoms with Crippen molar-refractivity contribution in [1.82, 2.24) is 15.0 Å². The third-order valence-electron chi connectivity index (χ3n) is 14.4. The topological polar surface area (TPSA) is 62.5 Å². The van der Waals surface area contributed by atoms with E-state index in [1.165, 1.54) is 65.4 Å². The molecule has 0 saturated carbocycles. The van der Waals surface area contributed by atoms with Crippen molar-refractivity contribution in [3.05, 3.63) is 197 Å². The highest BCUT2D eigenvalue weighted by Crippen LogP contribution is 2.57. The van der Waals surface area contributed by atoms with Crippen molar-refractivity contribution in [2.75, 3.05) is 0 Å². The van der Waals surface area contributed by atoms with Crippen LogP contribution in [-0.4, -0.2) is 15.0 Å². The van der Waals surface area contributed by atoms with E-state index in [-0.39, 0.29) is 5.41 Å². The monoisotopic (exact) mass is 908 g/mol. The Kier molecular flexibility index (Phi) is 9.02. The van der Waals surface area contributed by atoms with E-state index >= 15 is 0 Å². The Hall–Kier alpha value is -7.75. The molecule has 0 bridgehead atoms. The van der Waals surface area contributed by atoms with Crippen LogP contribution in [0.15, 0.2) is 170 Å². The SMILES string of the molecule is CC(C)c1cccc2c1-c1ccc(-c3ccc(-c4nc(-c5ccccc5)nc(-c5cccc6c5-c5ccccc5C6(C)C)n4)cc3)c3c(-c4ccc5c(c4)sc4cc(C#N)ccc45)cc(Cl)c-2c13. The predicted molar refractivity (Wildman–Crippen MR) is 283 cm³/mol. The van der Waals surface area contributed by atoms with Crippen molar-refractivity contribution in [1.29, 1.82) is 5.26 Å². The molecule has 0 saturated heterocycles. The molecule has 0 fully saturated rings. The first-order valence-corrected chi connectivity index (χ1v) is 24.3. The Balaban J connectivity index is 0.995. The van der Waals surface area contributed by atoms with Gasteiger partial charge < -0.3 is 0 Å². The number of aromatic nitrogens is 3. The maximum atomic E-state index is 9.66. The summed E-state index contributed by atoms with van der Waals surface area (Å²) in [6.07, 6.45) is 0. The third-order valence-corrected chi connectivity index (χ3v) is 15.8. The molecule has 6 heteroatoms. The average molecular weight is 910 g/mol. The van der Waals surface area contributed by atoms with Gasteiger partial charge in [-0.2, -0.15) is 5.26 Å². The molecule has 0 amide bonds. The molecular formula is C62H41ClN4S. The fourth-order valence-corrected chi connectivity index (χ4v) is 12.6. The Morgan fingerprint density at radius 1 is 0.485 bits per heavy atom. The molecule has 322 valence electrons. The molecule has 13 rings (SSSR count). The lowest BCUT2D eigenvalue weighted by atomic mass is 9.82. The lowest BCUT2D eigenvalue weighted by Crippen LogP contribution is -2.14. The van der Waals surface area contributed by atoms with Gasteiger partial charge in [-0.05, 0) is 102 Å². The number of nitrogens with zero attached hydrogens (tertiary/aromatic N) is 4. The second kappa shape index (κ2) is 15.1. The number of hydrogen-bond donors (Lipinski definition) is 0. The number of rotatable bonds is 6. The minimum absolute atomic E-state index is 0.155. The van der Waals surface area contributed by atoms with Crippen molar-refractivity contribution in [2.45, 2.75) is 39.0 Å². The minimum Gasteiger partial charge on any atom is -0.208 e. The van der Waals surface area contributed by atoms with E-state index in [1.807, 2.05) is 30.3 Å². The van der Waals surface area contributed by atoms with Crippen LogP contribution in [0, 0.1) is 11.3 Å². The van der Waals surface area contributed by atoms with Gasteiger partial charge in [0.15, 0.2) is 17.5 Å². The van der Waals surface area contributed by atoms with Gasteiger partial charge in [0.1, 0.15) is 0 Å². The largest absolute Gasteiger partial charge is 0.208 e. The highest BCUT2D eigenvalue weighted by molar-refractivity contribution is 7.25. The highest BCUT2D eigenvalue weighted by atomic mass is 35.5. The lowest BCUT2D eigenvalue weighted by molar-refractivity contribution is 0.660. The van der Waals surface area contributed by atoms with E-state index < -0.39 is 0 Å². The first kappa shape index (κ1) is 40.5. The van der Waals surface area contributed by atoms with Crippen molar-refractivity contribution < 1.29 is 0 Å². The second-order valence-electron chi connectivity index (χ2n) is 18.9. The Labute approximate surface area is 403 Å². The number of hydrogen-bond acceptors (Lipinski definition) is 5. The Morgan fingerprint density at radius 2 is 1.10 bits per heavy atom. The summed E-state index contributed by atoms with van der Waals surface area (Å²) in [5.74, 6) is 2.23. The fraction of sp³-hybridized carbons (Fsp3) is 0.0968. The van der Waals surface area contributed by atoms with Crippen LogP contribution in [0.2, 0.25) is 5.02 Å². The van der Waals surface area contributed by atoms with Gasteiger partial charge in [0, 0.05) is 58.2 Å². The minimum atomic E-state index is -0.155. The van der Waals surface area contributed by atoms with E-state index in [9.17, 15) is 5.26 Å². The summed E-state index contributed by atoms with van der Waals surface area (Å²) in [4.78, 5) is 15.6. The molecule has 4 nitrogen and oxygen atoms in total. The zero-order chi connectivity index (χ0) is 46.0. The van der Waals surface area contributed by atoms with Gasteiger partial charge in [-0.1, -0.05) is 185 Å². The van der Waals surface area contributed by atoms with Crippen molar-refractivity contribution in [2.24, 2.45) is 0 Å². The summed E-state index contributed by atoms with van der Waals surface area (Å²) in [5, 5.41) is 15.1. The number of nitriles is 1. The fourth-order valence-electron chi connectivity index (χ4n) is 11.1. The molecule has 9 aromatic carbocycles. The van der Waals surface area contributed by atoms with E-state index in [0.717, 1.165) is 59.6 Å². The normalized spacial score (nSPS) is 13.0. The van der Waals surface area contributed by atoms with Gasteiger partial charge in [0.2, 0.25) is 0 Å². The zero-order valence-corrected chi connectivity index (χ0v) is 39.4. The van der Waals surface area contributed by atoms with Crippen LogP contribution in [0.1, 0.15) is 55.9 Å². The molecule has 2 aromatic heterocycles. The number of benzene rings is 9. The highest BCUT2D eigenvalue weighted by Gasteiger charge is 2.37. The summed E-state index contributed by atoms with van der Waals surface area (Å²) in [6, 6.07) is 62.6. The summed E-state index contributed by atoms with van der Waals surface area (Å²) >= 11 is 9.22. The van der Waals surface area contributed by atoms with Gasteiger partial charge in [-0.3, -0.25) is 0 Å². The molecule has 0 spiro atoms. The number of halogens is 1. The molecule has 68 heavy (non-hydrogen) atoms. The summed E-state index contributed by atoms with van der Waals surface area (Å²) in [7, 11) is 0. The number of thiophene rings is 1.